The Morgan fingerprint density at radius 1 is 1.35 bits per heavy atom. The van der Waals surface area contributed by atoms with Gasteiger partial charge < -0.3 is 0 Å². The van der Waals surface area contributed by atoms with Gasteiger partial charge in [0, 0.05) is 23.4 Å². The van der Waals surface area contributed by atoms with Crippen LogP contribution in [0.3, 0.4) is 0 Å². The minimum Gasteiger partial charge on any atom is -0.292 e. The van der Waals surface area contributed by atoms with E-state index in [9.17, 15) is 13.6 Å². The normalized spacial score (nSPS) is 10.6. The number of nitrogens with zero attached hydrogens (tertiary/aromatic N) is 1. The number of Topliss-reactive ketones (excluding diaryl/α,β-unsaturated/α-hetero) is 1. The van der Waals surface area contributed by atoms with Gasteiger partial charge in [-0.15, -0.1) is 11.3 Å². The first kappa shape index (κ1) is 11.9. The summed E-state index contributed by atoms with van der Waals surface area (Å²) in [5.41, 5.74) is 0.616. The molecule has 1 aromatic heterocycles. The van der Waals surface area contributed by atoms with Gasteiger partial charge in [0.1, 0.15) is 11.6 Å². The summed E-state index contributed by atoms with van der Waals surface area (Å²) in [5, 5.41) is 0.334. The molecule has 0 aliphatic carbocycles. The number of thiazole rings is 1. The van der Waals surface area contributed by atoms with Crippen molar-refractivity contribution in [2.75, 3.05) is 0 Å². The van der Waals surface area contributed by atoms with E-state index in [1.54, 1.807) is 6.92 Å². The van der Waals surface area contributed by atoms with Gasteiger partial charge in [0.25, 0.3) is 0 Å². The standard InChI is InChI=1S/C12H9F2NOS/c1-6(16)12-15-11(7(2)17-12)9-4-3-8(13)5-10(9)14/h3-5H,1-2H3. The largest absolute Gasteiger partial charge is 0.292 e. The number of halogens is 2. The number of carbonyl (C=O) groups is 1. The maximum Gasteiger partial charge on any atom is 0.188 e. The zero-order chi connectivity index (χ0) is 12.6. The van der Waals surface area contributed by atoms with Crippen LogP contribution in [-0.4, -0.2) is 10.8 Å². The first-order valence-corrected chi connectivity index (χ1v) is 5.74. The third-order valence-corrected chi connectivity index (χ3v) is 3.36. The second kappa shape index (κ2) is 4.33. The Bertz CT molecular complexity index is 592. The lowest BCUT2D eigenvalue weighted by atomic mass is 10.1. The molecule has 0 atom stereocenters. The first-order valence-electron chi connectivity index (χ1n) is 4.93. The molecule has 0 spiro atoms. The number of rotatable bonds is 2. The van der Waals surface area contributed by atoms with Crippen molar-refractivity contribution < 1.29 is 13.6 Å². The van der Waals surface area contributed by atoms with Crippen molar-refractivity contribution in [2.45, 2.75) is 13.8 Å². The molecule has 17 heavy (non-hydrogen) atoms. The lowest BCUT2D eigenvalue weighted by molar-refractivity contribution is 0.101. The fraction of sp³-hybridized carbons (Fsp3) is 0.167. The van der Waals surface area contributed by atoms with Gasteiger partial charge in [-0.1, -0.05) is 0 Å². The molecule has 0 N–H and O–H groups in total. The maximum absolute atomic E-state index is 13.6. The summed E-state index contributed by atoms with van der Waals surface area (Å²) in [7, 11) is 0. The Morgan fingerprint density at radius 3 is 2.59 bits per heavy atom. The lowest BCUT2D eigenvalue weighted by Crippen LogP contribution is -1.92. The Morgan fingerprint density at radius 2 is 2.06 bits per heavy atom. The fourth-order valence-corrected chi connectivity index (χ4v) is 2.30. The van der Waals surface area contributed by atoms with Crippen LogP contribution in [0.4, 0.5) is 8.78 Å². The summed E-state index contributed by atoms with van der Waals surface area (Å²) in [5.74, 6) is -1.47. The van der Waals surface area contributed by atoms with E-state index in [4.69, 9.17) is 0 Å². The summed E-state index contributed by atoms with van der Waals surface area (Å²) in [6.07, 6.45) is 0. The zero-order valence-corrected chi connectivity index (χ0v) is 10.1. The molecule has 0 unspecified atom stereocenters. The fourth-order valence-electron chi connectivity index (χ4n) is 1.48. The minimum absolute atomic E-state index is 0.160. The zero-order valence-electron chi connectivity index (χ0n) is 9.25. The van der Waals surface area contributed by atoms with Crippen LogP contribution in [0.1, 0.15) is 21.6 Å². The minimum atomic E-state index is -0.673. The number of aromatic nitrogens is 1. The number of aryl methyl sites for hydroxylation is 1. The van der Waals surface area contributed by atoms with Crippen molar-refractivity contribution in [1.82, 2.24) is 4.98 Å². The Labute approximate surface area is 101 Å². The van der Waals surface area contributed by atoms with Gasteiger partial charge in [-0.25, -0.2) is 13.8 Å². The molecular formula is C12H9F2NOS. The summed E-state index contributed by atoms with van der Waals surface area (Å²) in [4.78, 5) is 16.0. The molecule has 2 rings (SSSR count). The Kier molecular flexibility index (Phi) is 3.02. The van der Waals surface area contributed by atoms with Gasteiger partial charge in [0.15, 0.2) is 10.8 Å². The van der Waals surface area contributed by atoms with Gasteiger partial charge >= 0.3 is 0 Å². The number of carbonyl (C=O) groups excluding carboxylic acids is 1. The van der Waals surface area contributed by atoms with E-state index in [0.717, 1.165) is 10.9 Å². The van der Waals surface area contributed by atoms with Gasteiger partial charge in [-0.05, 0) is 19.1 Å². The first-order chi connectivity index (χ1) is 7.99. The van der Waals surface area contributed by atoms with Crippen molar-refractivity contribution >= 4 is 17.1 Å². The van der Waals surface area contributed by atoms with Crippen LogP contribution in [-0.2, 0) is 0 Å². The SMILES string of the molecule is CC(=O)c1nc(-c2ccc(F)cc2F)c(C)s1. The van der Waals surface area contributed by atoms with E-state index >= 15 is 0 Å². The third-order valence-electron chi connectivity index (χ3n) is 2.28. The van der Waals surface area contributed by atoms with Gasteiger partial charge in [-0.3, -0.25) is 4.79 Å². The second-order valence-corrected chi connectivity index (χ2v) is 4.81. The highest BCUT2D eigenvalue weighted by atomic mass is 32.1. The topological polar surface area (TPSA) is 30.0 Å². The molecule has 2 aromatic rings. The van der Waals surface area contributed by atoms with Gasteiger partial charge in [-0.2, -0.15) is 0 Å². The predicted octanol–water partition coefficient (Wildman–Crippen LogP) is 3.60. The van der Waals surface area contributed by atoms with Crippen LogP contribution in [0.5, 0.6) is 0 Å². The number of hydrogen-bond acceptors (Lipinski definition) is 3. The number of hydrogen-bond donors (Lipinski definition) is 0. The van der Waals surface area contributed by atoms with Crippen molar-refractivity contribution in [1.29, 1.82) is 0 Å². The average molecular weight is 253 g/mol. The number of benzene rings is 1. The van der Waals surface area contributed by atoms with Crippen molar-refractivity contribution in [3.05, 3.63) is 39.7 Å². The molecule has 2 nitrogen and oxygen atoms in total. The molecule has 5 heteroatoms. The quantitative estimate of drug-likeness (QED) is 0.765. The average Bonchev–Trinajstić information content (AvgIpc) is 2.61. The highest BCUT2D eigenvalue weighted by molar-refractivity contribution is 7.14. The van der Waals surface area contributed by atoms with Crippen molar-refractivity contribution in [3.8, 4) is 11.3 Å². The van der Waals surface area contributed by atoms with Crippen LogP contribution in [0.2, 0.25) is 0 Å². The summed E-state index contributed by atoms with van der Waals surface area (Å²) >= 11 is 1.21. The maximum atomic E-state index is 13.6. The van der Waals surface area contributed by atoms with E-state index in [2.05, 4.69) is 4.98 Å². The summed E-state index contributed by atoms with van der Waals surface area (Å²) in [6.45, 7) is 3.16. The Balaban J connectivity index is 2.56. The van der Waals surface area contributed by atoms with E-state index in [0.29, 0.717) is 10.7 Å². The van der Waals surface area contributed by atoms with E-state index in [1.165, 1.54) is 30.4 Å². The molecule has 1 aromatic carbocycles. The smallest absolute Gasteiger partial charge is 0.188 e. The molecule has 88 valence electrons. The molecule has 0 fully saturated rings. The van der Waals surface area contributed by atoms with E-state index < -0.39 is 11.6 Å². The van der Waals surface area contributed by atoms with Crippen LogP contribution in [0.25, 0.3) is 11.3 Å². The van der Waals surface area contributed by atoms with Crippen LogP contribution in [0.15, 0.2) is 18.2 Å². The molecule has 0 saturated heterocycles. The molecule has 0 aliphatic heterocycles. The molecule has 0 saturated carbocycles. The molecule has 0 radical (unpaired) electrons. The molecule has 0 aliphatic rings. The van der Waals surface area contributed by atoms with Crippen LogP contribution in [0, 0.1) is 18.6 Å². The summed E-state index contributed by atoms with van der Waals surface area (Å²) < 4.78 is 26.4. The Hall–Kier alpha value is -1.62. The lowest BCUT2D eigenvalue weighted by Gasteiger charge is -2.00. The molecule has 1 heterocycles. The number of ketones is 1. The predicted molar refractivity (Wildman–Crippen MR) is 62.2 cm³/mol. The van der Waals surface area contributed by atoms with Crippen LogP contribution >= 0.6 is 11.3 Å². The molecule has 0 amide bonds. The highest BCUT2D eigenvalue weighted by Gasteiger charge is 2.15. The van der Waals surface area contributed by atoms with Crippen molar-refractivity contribution in [2.24, 2.45) is 0 Å². The molecular weight excluding hydrogens is 244 g/mol. The van der Waals surface area contributed by atoms with E-state index in [1.807, 2.05) is 0 Å². The van der Waals surface area contributed by atoms with Gasteiger partial charge in [0.05, 0.1) is 5.69 Å². The second-order valence-electron chi connectivity index (χ2n) is 3.60. The highest BCUT2D eigenvalue weighted by Crippen LogP contribution is 2.29. The van der Waals surface area contributed by atoms with Crippen molar-refractivity contribution in [3.63, 3.8) is 0 Å². The van der Waals surface area contributed by atoms with Gasteiger partial charge in [0.2, 0.25) is 0 Å². The van der Waals surface area contributed by atoms with E-state index in [-0.39, 0.29) is 11.3 Å². The van der Waals surface area contributed by atoms with Crippen LogP contribution < -0.4 is 0 Å². The monoisotopic (exact) mass is 253 g/mol. The third kappa shape index (κ3) is 2.24. The summed E-state index contributed by atoms with van der Waals surface area (Å²) in [6, 6.07) is 3.31. The molecule has 0 bridgehead atoms.